The fraction of sp³-hybridized carbons (Fsp3) is 0.571. The Morgan fingerprint density at radius 3 is 2.28 bits per heavy atom. The Morgan fingerprint density at radius 1 is 1.28 bits per heavy atom. The van der Waals surface area contributed by atoms with Gasteiger partial charge in [-0.15, -0.1) is 0 Å². The van der Waals surface area contributed by atoms with Crippen LogP contribution in [0.2, 0.25) is 0 Å². The van der Waals surface area contributed by atoms with Crippen LogP contribution in [-0.2, 0) is 16.2 Å². The van der Waals surface area contributed by atoms with Crippen LogP contribution in [0.5, 0.6) is 0 Å². The van der Waals surface area contributed by atoms with Crippen LogP contribution in [-0.4, -0.2) is 27.7 Å². The molecular weight excluding hydrogens is 246 g/mol. The average Bonchev–Trinajstić information content (AvgIpc) is 2.28. The number of aliphatic hydroxyl groups is 1. The lowest BCUT2D eigenvalue weighted by atomic mass is 9.87. The normalized spacial score (nSPS) is 15.4. The maximum Gasteiger partial charge on any atom is 0.0545 e. The van der Waals surface area contributed by atoms with Gasteiger partial charge >= 0.3 is 0 Å². The first-order valence-electron chi connectivity index (χ1n) is 6.20. The van der Waals surface area contributed by atoms with Crippen molar-refractivity contribution in [2.75, 3.05) is 12.4 Å². The third-order valence-electron chi connectivity index (χ3n) is 2.85. The van der Waals surface area contributed by atoms with Crippen LogP contribution < -0.4 is 5.73 Å². The van der Waals surface area contributed by atoms with E-state index in [1.807, 2.05) is 24.3 Å². The molecule has 0 bridgehead atoms. The van der Waals surface area contributed by atoms with Gasteiger partial charge in [0.25, 0.3) is 0 Å². The maximum absolute atomic E-state index is 12.0. The van der Waals surface area contributed by atoms with Crippen molar-refractivity contribution in [3.63, 3.8) is 0 Å². The van der Waals surface area contributed by atoms with Gasteiger partial charge in [0.2, 0.25) is 0 Å². The van der Waals surface area contributed by atoms with E-state index in [1.165, 1.54) is 5.56 Å². The summed E-state index contributed by atoms with van der Waals surface area (Å²) in [5, 5.41) is 8.77. The predicted molar refractivity (Wildman–Crippen MR) is 76.1 cm³/mol. The minimum absolute atomic E-state index is 0.0430. The van der Waals surface area contributed by atoms with Crippen molar-refractivity contribution in [3.05, 3.63) is 29.8 Å². The van der Waals surface area contributed by atoms with Crippen LogP contribution in [0.4, 0.5) is 0 Å². The van der Waals surface area contributed by atoms with E-state index in [0.717, 1.165) is 4.90 Å². The van der Waals surface area contributed by atoms with E-state index < -0.39 is 10.8 Å². The number of rotatable bonds is 5. The molecule has 0 heterocycles. The van der Waals surface area contributed by atoms with Crippen molar-refractivity contribution in [2.45, 2.75) is 43.5 Å². The molecule has 0 aliphatic heterocycles. The largest absolute Gasteiger partial charge is 0.396 e. The second kappa shape index (κ2) is 6.45. The van der Waals surface area contributed by atoms with Gasteiger partial charge in [-0.1, -0.05) is 32.9 Å². The molecule has 1 rings (SSSR count). The van der Waals surface area contributed by atoms with Crippen LogP contribution in [0, 0.1) is 0 Å². The molecule has 3 nitrogen and oxygen atoms in total. The van der Waals surface area contributed by atoms with Crippen LogP contribution in [0.15, 0.2) is 29.2 Å². The van der Waals surface area contributed by atoms with Gasteiger partial charge < -0.3 is 10.8 Å². The van der Waals surface area contributed by atoms with Gasteiger partial charge in [-0.3, -0.25) is 4.21 Å². The highest BCUT2D eigenvalue weighted by Gasteiger charge is 2.14. The first kappa shape index (κ1) is 15.3. The van der Waals surface area contributed by atoms with Crippen LogP contribution in [0.3, 0.4) is 0 Å². The smallest absolute Gasteiger partial charge is 0.0545 e. The Balaban J connectivity index is 2.71. The molecule has 0 saturated carbocycles. The van der Waals surface area contributed by atoms with Crippen molar-refractivity contribution in [1.29, 1.82) is 0 Å². The average molecular weight is 269 g/mol. The topological polar surface area (TPSA) is 63.3 Å². The molecule has 3 N–H and O–H groups in total. The molecule has 102 valence electrons. The summed E-state index contributed by atoms with van der Waals surface area (Å²) in [4.78, 5) is 0.802. The molecule has 0 aromatic heterocycles. The fourth-order valence-corrected chi connectivity index (χ4v) is 2.83. The van der Waals surface area contributed by atoms with E-state index in [4.69, 9.17) is 10.8 Å². The van der Waals surface area contributed by atoms with Gasteiger partial charge in [0.15, 0.2) is 0 Å². The second-order valence-electron chi connectivity index (χ2n) is 5.56. The quantitative estimate of drug-likeness (QED) is 0.857. The summed E-state index contributed by atoms with van der Waals surface area (Å²) in [6, 6.07) is 7.64. The van der Waals surface area contributed by atoms with Crippen molar-refractivity contribution < 1.29 is 9.32 Å². The Kier molecular flexibility index (Phi) is 5.50. The van der Waals surface area contributed by atoms with Gasteiger partial charge in [0, 0.05) is 23.3 Å². The molecular formula is C14H23NO2S. The molecule has 0 saturated heterocycles. The lowest BCUT2D eigenvalue weighted by Crippen LogP contribution is -2.28. The zero-order valence-corrected chi connectivity index (χ0v) is 12.2. The number of aliphatic hydroxyl groups excluding tert-OH is 1. The van der Waals surface area contributed by atoms with Gasteiger partial charge in [-0.05, 0) is 29.5 Å². The minimum Gasteiger partial charge on any atom is -0.396 e. The molecule has 1 aromatic rings. The van der Waals surface area contributed by atoms with E-state index in [1.54, 1.807) is 0 Å². The molecule has 2 unspecified atom stereocenters. The van der Waals surface area contributed by atoms with E-state index in [0.29, 0.717) is 12.2 Å². The molecule has 0 fully saturated rings. The number of hydrogen-bond acceptors (Lipinski definition) is 3. The van der Waals surface area contributed by atoms with Gasteiger partial charge in [0.05, 0.1) is 10.8 Å². The third kappa shape index (κ3) is 4.52. The lowest BCUT2D eigenvalue weighted by molar-refractivity contribution is 0.279. The first-order valence-corrected chi connectivity index (χ1v) is 7.52. The SMILES string of the molecule is CC(C)(C)c1ccc(S(=O)CC(N)CCO)cc1. The highest BCUT2D eigenvalue weighted by Crippen LogP contribution is 2.23. The number of benzene rings is 1. The molecule has 0 aliphatic carbocycles. The van der Waals surface area contributed by atoms with E-state index in [9.17, 15) is 4.21 Å². The van der Waals surface area contributed by atoms with Crippen molar-refractivity contribution in [3.8, 4) is 0 Å². The first-order chi connectivity index (χ1) is 8.34. The highest BCUT2D eigenvalue weighted by molar-refractivity contribution is 7.85. The summed E-state index contributed by atoms with van der Waals surface area (Å²) >= 11 is 0. The second-order valence-corrected chi connectivity index (χ2v) is 7.05. The fourth-order valence-electron chi connectivity index (χ4n) is 1.65. The molecule has 0 spiro atoms. The maximum atomic E-state index is 12.0. The van der Waals surface area contributed by atoms with Crippen LogP contribution >= 0.6 is 0 Å². The number of nitrogens with two attached hydrogens (primary N) is 1. The van der Waals surface area contributed by atoms with Crippen LogP contribution in [0.1, 0.15) is 32.8 Å². The summed E-state index contributed by atoms with van der Waals surface area (Å²) in [5.74, 6) is 0.398. The third-order valence-corrected chi connectivity index (χ3v) is 4.38. The summed E-state index contributed by atoms with van der Waals surface area (Å²) in [6.45, 7) is 6.49. The Morgan fingerprint density at radius 2 is 1.83 bits per heavy atom. The van der Waals surface area contributed by atoms with E-state index >= 15 is 0 Å². The van der Waals surface area contributed by atoms with Crippen molar-refractivity contribution in [2.24, 2.45) is 5.73 Å². The summed E-state index contributed by atoms with van der Waals surface area (Å²) in [6.07, 6.45) is 0.492. The van der Waals surface area contributed by atoms with Crippen molar-refractivity contribution in [1.82, 2.24) is 0 Å². The van der Waals surface area contributed by atoms with Crippen molar-refractivity contribution >= 4 is 10.8 Å². The zero-order valence-electron chi connectivity index (χ0n) is 11.3. The molecule has 1 aromatic carbocycles. The Hall–Kier alpha value is -0.710. The standard InChI is InChI=1S/C14H23NO2S/c1-14(2,3)11-4-6-13(7-5-11)18(17)10-12(15)8-9-16/h4-7,12,16H,8-10,15H2,1-3H3. The summed E-state index contributed by atoms with van der Waals surface area (Å²) in [7, 11) is -1.09. The predicted octanol–water partition coefficient (Wildman–Crippen LogP) is 1.80. The number of hydrogen-bond donors (Lipinski definition) is 2. The highest BCUT2D eigenvalue weighted by atomic mass is 32.2. The summed E-state index contributed by atoms with van der Waals surface area (Å²) < 4.78 is 12.0. The van der Waals surface area contributed by atoms with Gasteiger partial charge in [-0.25, -0.2) is 0 Å². The zero-order chi connectivity index (χ0) is 13.8. The molecule has 0 amide bonds. The van der Waals surface area contributed by atoms with Gasteiger partial charge in [0.1, 0.15) is 0 Å². The monoisotopic (exact) mass is 269 g/mol. The van der Waals surface area contributed by atoms with Crippen LogP contribution in [0.25, 0.3) is 0 Å². The lowest BCUT2D eigenvalue weighted by Gasteiger charge is -2.19. The molecule has 4 heteroatoms. The Labute approximate surface area is 112 Å². The van der Waals surface area contributed by atoms with Gasteiger partial charge in [-0.2, -0.15) is 0 Å². The molecule has 0 aliphatic rings. The minimum atomic E-state index is -1.09. The van der Waals surface area contributed by atoms with E-state index in [-0.39, 0.29) is 18.1 Å². The Bertz CT molecular complexity index is 395. The molecule has 2 atom stereocenters. The van der Waals surface area contributed by atoms with E-state index in [2.05, 4.69) is 20.8 Å². The summed E-state index contributed by atoms with van der Waals surface area (Å²) in [5.41, 5.74) is 7.10. The molecule has 0 radical (unpaired) electrons. The molecule has 18 heavy (non-hydrogen) atoms.